The molecule has 1 aromatic carbocycles. The predicted octanol–water partition coefficient (Wildman–Crippen LogP) is 5.74. The maximum atomic E-state index is 12.7. The van der Waals surface area contributed by atoms with Gasteiger partial charge in [0.1, 0.15) is 16.8 Å². The van der Waals surface area contributed by atoms with Gasteiger partial charge in [-0.25, -0.2) is 9.97 Å². The summed E-state index contributed by atoms with van der Waals surface area (Å²) >= 11 is 6.05. The molecule has 1 atom stereocenters. The van der Waals surface area contributed by atoms with E-state index in [1.165, 1.54) is 11.1 Å². The van der Waals surface area contributed by atoms with Crippen LogP contribution in [0.25, 0.3) is 11.0 Å². The van der Waals surface area contributed by atoms with Crippen molar-refractivity contribution >= 4 is 34.2 Å². The van der Waals surface area contributed by atoms with Gasteiger partial charge in [0.25, 0.3) is 0 Å². The number of hydrogen-bond donors (Lipinski definition) is 0. The molecule has 0 bridgehead atoms. The molecule has 1 aliphatic rings. The lowest BCUT2D eigenvalue weighted by molar-refractivity contribution is -0.119. The molecule has 1 unspecified atom stereocenters. The molecule has 0 radical (unpaired) electrons. The van der Waals surface area contributed by atoms with Gasteiger partial charge in [-0.3, -0.25) is 4.79 Å². The van der Waals surface area contributed by atoms with E-state index in [2.05, 4.69) is 41.9 Å². The Labute approximate surface area is 170 Å². The Morgan fingerprint density at radius 2 is 1.93 bits per heavy atom. The van der Waals surface area contributed by atoms with E-state index >= 15 is 0 Å². The van der Waals surface area contributed by atoms with Gasteiger partial charge in [0.2, 0.25) is 0 Å². The maximum absolute atomic E-state index is 12.7. The maximum Gasteiger partial charge on any atom is 0.163 e. The normalized spacial score (nSPS) is 16.0. The highest BCUT2D eigenvalue weighted by atomic mass is 35.5. The number of Topliss-reactive ketones (excluding diaryl/α,β-unsaturated/α-hetero) is 1. The summed E-state index contributed by atoms with van der Waals surface area (Å²) in [5.74, 6) is 1.68. The molecular formula is C23H24ClN3O. The lowest BCUT2D eigenvalue weighted by Gasteiger charge is -2.26. The van der Waals surface area contributed by atoms with Crippen LogP contribution in [0.2, 0.25) is 5.15 Å². The molecule has 0 amide bonds. The Kier molecular flexibility index (Phi) is 5.31. The van der Waals surface area contributed by atoms with Gasteiger partial charge >= 0.3 is 0 Å². The van der Waals surface area contributed by atoms with E-state index in [1.807, 2.05) is 24.3 Å². The van der Waals surface area contributed by atoms with Crippen molar-refractivity contribution in [3.05, 3.63) is 64.8 Å². The summed E-state index contributed by atoms with van der Waals surface area (Å²) in [5, 5.41) is 1.39. The van der Waals surface area contributed by atoms with Gasteiger partial charge in [0.15, 0.2) is 5.65 Å². The van der Waals surface area contributed by atoms with Crippen LogP contribution < -0.4 is 4.90 Å². The van der Waals surface area contributed by atoms with Crippen molar-refractivity contribution in [1.82, 2.24) is 9.97 Å². The van der Waals surface area contributed by atoms with Crippen LogP contribution in [0, 0.1) is 5.92 Å². The van der Waals surface area contributed by atoms with E-state index in [-0.39, 0.29) is 6.04 Å². The van der Waals surface area contributed by atoms with Crippen LogP contribution in [0.3, 0.4) is 0 Å². The minimum Gasteiger partial charge on any atom is -0.345 e. The molecule has 3 aromatic rings. The van der Waals surface area contributed by atoms with E-state index < -0.39 is 0 Å². The van der Waals surface area contributed by atoms with E-state index in [9.17, 15) is 4.79 Å². The third-order valence-electron chi connectivity index (χ3n) is 5.35. The number of hydrogen-bond acceptors (Lipinski definition) is 4. The van der Waals surface area contributed by atoms with Crippen LogP contribution in [0.5, 0.6) is 0 Å². The number of fused-ring (bicyclic) bond motifs is 2. The van der Waals surface area contributed by atoms with Gasteiger partial charge in [-0.1, -0.05) is 49.7 Å². The molecule has 0 fully saturated rings. The number of nitrogens with zero attached hydrogens (tertiary/aromatic N) is 3. The van der Waals surface area contributed by atoms with Crippen molar-refractivity contribution in [2.75, 3.05) is 4.90 Å². The van der Waals surface area contributed by atoms with Gasteiger partial charge in [-0.05, 0) is 47.7 Å². The van der Waals surface area contributed by atoms with E-state index in [1.54, 1.807) is 6.07 Å². The molecule has 144 valence electrons. The molecule has 1 aliphatic heterocycles. The summed E-state index contributed by atoms with van der Waals surface area (Å²) in [4.78, 5) is 24.0. The highest BCUT2D eigenvalue weighted by Crippen LogP contribution is 2.39. The van der Waals surface area contributed by atoms with Gasteiger partial charge in [0, 0.05) is 24.8 Å². The molecule has 28 heavy (non-hydrogen) atoms. The summed E-state index contributed by atoms with van der Waals surface area (Å²) < 4.78 is 0. The number of anilines is 1. The number of carbonyl (C=O) groups excluding carboxylic acids is 1. The van der Waals surface area contributed by atoms with Crippen molar-refractivity contribution in [3.8, 4) is 0 Å². The number of halogens is 1. The summed E-state index contributed by atoms with van der Waals surface area (Å²) in [6, 6.07) is 16.1. The van der Waals surface area contributed by atoms with Crippen LogP contribution in [0.4, 0.5) is 5.82 Å². The average Bonchev–Trinajstić information content (AvgIpc) is 3.04. The number of carbonyl (C=O) groups is 1. The first kappa shape index (κ1) is 18.9. The zero-order valence-corrected chi connectivity index (χ0v) is 17.0. The van der Waals surface area contributed by atoms with Gasteiger partial charge in [0.05, 0.1) is 6.04 Å². The van der Waals surface area contributed by atoms with E-state index in [0.717, 1.165) is 24.2 Å². The highest BCUT2D eigenvalue weighted by molar-refractivity contribution is 6.29. The second kappa shape index (κ2) is 7.88. The number of rotatable bonds is 6. The summed E-state index contributed by atoms with van der Waals surface area (Å²) in [6.45, 7) is 5.06. The molecule has 0 saturated heterocycles. The van der Waals surface area contributed by atoms with Crippen molar-refractivity contribution in [3.63, 3.8) is 0 Å². The largest absolute Gasteiger partial charge is 0.345 e. The first-order chi connectivity index (χ1) is 13.5. The summed E-state index contributed by atoms with van der Waals surface area (Å²) in [7, 11) is 0. The molecule has 0 saturated carbocycles. The zero-order chi connectivity index (χ0) is 19.7. The Morgan fingerprint density at radius 1 is 1.14 bits per heavy atom. The molecular weight excluding hydrogens is 370 g/mol. The van der Waals surface area contributed by atoms with Crippen molar-refractivity contribution in [2.24, 2.45) is 5.92 Å². The number of pyridine rings is 2. The summed E-state index contributed by atoms with van der Waals surface area (Å²) in [6.07, 6.45) is 2.07. The Morgan fingerprint density at radius 3 is 2.75 bits per heavy atom. The molecule has 3 heterocycles. The van der Waals surface area contributed by atoms with Gasteiger partial charge in [-0.15, -0.1) is 0 Å². The smallest absolute Gasteiger partial charge is 0.163 e. The molecule has 2 aromatic heterocycles. The van der Waals surface area contributed by atoms with Crippen LogP contribution in [-0.2, 0) is 11.3 Å². The van der Waals surface area contributed by atoms with Crippen molar-refractivity contribution < 1.29 is 4.79 Å². The number of ketones is 1. The van der Waals surface area contributed by atoms with Crippen LogP contribution in [-0.4, -0.2) is 15.8 Å². The van der Waals surface area contributed by atoms with E-state index in [0.29, 0.717) is 35.3 Å². The fourth-order valence-corrected chi connectivity index (χ4v) is 3.96. The Bertz CT molecular complexity index is 1020. The highest BCUT2D eigenvalue weighted by Gasteiger charge is 2.32. The Balaban J connectivity index is 1.66. The minimum atomic E-state index is 0.0139. The molecule has 0 aliphatic carbocycles. The lowest BCUT2D eigenvalue weighted by Crippen LogP contribution is -2.25. The van der Waals surface area contributed by atoms with Crippen molar-refractivity contribution in [1.29, 1.82) is 0 Å². The Hall–Kier alpha value is -2.46. The standard InChI is InChI=1S/C23H24ClN3O/c1-15(2)7-10-18(28)13-20-19-6-4-3-5-17(19)14-27(20)22-12-9-16-8-11-21(24)25-23(16)26-22/h3-6,8-9,11-12,15,20H,7,10,13-14H2,1-2H3. The second-order valence-electron chi connectivity index (χ2n) is 7.87. The first-order valence-corrected chi connectivity index (χ1v) is 10.2. The van der Waals surface area contributed by atoms with Gasteiger partial charge in [-0.2, -0.15) is 0 Å². The number of benzene rings is 1. The first-order valence-electron chi connectivity index (χ1n) is 9.80. The molecule has 4 nitrogen and oxygen atoms in total. The molecule has 0 spiro atoms. The fraction of sp³-hybridized carbons (Fsp3) is 0.348. The predicted molar refractivity (Wildman–Crippen MR) is 114 cm³/mol. The van der Waals surface area contributed by atoms with Crippen LogP contribution >= 0.6 is 11.6 Å². The summed E-state index contributed by atoms with van der Waals surface area (Å²) in [5.41, 5.74) is 3.11. The molecule has 0 N–H and O–H groups in total. The SMILES string of the molecule is CC(C)CCC(=O)CC1c2ccccc2CN1c1ccc2ccc(Cl)nc2n1. The molecule has 4 rings (SSSR count). The molecule has 5 heteroatoms. The monoisotopic (exact) mass is 393 g/mol. The fourth-order valence-electron chi connectivity index (χ4n) is 3.82. The van der Waals surface area contributed by atoms with Crippen molar-refractivity contribution in [2.45, 2.75) is 45.7 Å². The second-order valence-corrected chi connectivity index (χ2v) is 8.26. The topological polar surface area (TPSA) is 46.1 Å². The quantitative estimate of drug-likeness (QED) is 0.501. The van der Waals surface area contributed by atoms with Crippen LogP contribution in [0.15, 0.2) is 48.5 Å². The van der Waals surface area contributed by atoms with E-state index in [4.69, 9.17) is 16.6 Å². The number of aromatic nitrogens is 2. The third kappa shape index (κ3) is 3.88. The van der Waals surface area contributed by atoms with Gasteiger partial charge < -0.3 is 4.90 Å². The minimum absolute atomic E-state index is 0.0139. The zero-order valence-electron chi connectivity index (χ0n) is 16.2. The lowest BCUT2D eigenvalue weighted by atomic mass is 9.97. The average molecular weight is 394 g/mol. The third-order valence-corrected chi connectivity index (χ3v) is 5.56. The van der Waals surface area contributed by atoms with Crippen LogP contribution in [0.1, 0.15) is 50.3 Å².